The van der Waals surface area contributed by atoms with Crippen molar-refractivity contribution < 1.29 is 4.74 Å². The summed E-state index contributed by atoms with van der Waals surface area (Å²) in [5.41, 5.74) is 6.41. The van der Waals surface area contributed by atoms with E-state index in [1.807, 2.05) is 66.9 Å². The molecular weight excluding hydrogens is 430 g/mol. The normalized spacial score (nSPS) is 13.6. The SMILES string of the molecule is CC1(C)c2ccccc2N(c2cccc(Oc3cccc(-c4ccccn4)c3)c2)c2ncccc21. The zero-order chi connectivity index (χ0) is 23.8. The van der Waals surface area contributed by atoms with Gasteiger partial charge in [-0.2, -0.15) is 0 Å². The van der Waals surface area contributed by atoms with Crippen molar-refractivity contribution in [1.82, 2.24) is 9.97 Å². The third kappa shape index (κ3) is 3.73. The van der Waals surface area contributed by atoms with Gasteiger partial charge in [0.15, 0.2) is 0 Å². The highest BCUT2D eigenvalue weighted by Gasteiger charge is 2.37. The number of rotatable bonds is 4. The summed E-state index contributed by atoms with van der Waals surface area (Å²) in [6.45, 7) is 4.52. The van der Waals surface area contributed by atoms with E-state index < -0.39 is 0 Å². The molecule has 0 bridgehead atoms. The second-order valence-electron chi connectivity index (χ2n) is 9.19. The quantitative estimate of drug-likeness (QED) is 0.275. The van der Waals surface area contributed by atoms with Gasteiger partial charge in [-0.3, -0.25) is 9.88 Å². The topological polar surface area (TPSA) is 38.2 Å². The number of para-hydroxylation sites is 1. The Balaban J connectivity index is 1.39. The summed E-state index contributed by atoms with van der Waals surface area (Å²) in [5.74, 6) is 2.48. The molecule has 4 heteroatoms. The van der Waals surface area contributed by atoms with E-state index >= 15 is 0 Å². The Kier molecular flexibility index (Phi) is 5.07. The standard InChI is InChI=1S/C31H25N3O/c1-31(2)26-14-3-4-17-29(26)34(30-27(31)15-9-19-33-30)23-11-8-13-25(21-23)35-24-12-7-10-22(20-24)28-16-5-6-18-32-28/h3-21H,1-2H3. The van der Waals surface area contributed by atoms with Gasteiger partial charge in [0.1, 0.15) is 17.3 Å². The molecule has 0 radical (unpaired) electrons. The van der Waals surface area contributed by atoms with Gasteiger partial charge in [0.25, 0.3) is 0 Å². The summed E-state index contributed by atoms with van der Waals surface area (Å²) in [5, 5.41) is 0. The van der Waals surface area contributed by atoms with Crippen molar-refractivity contribution in [3.05, 3.63) is 127 Å². The first-order chi connectivity index (χ1) is 17.1. The Morgan fingerprint density at radius 1 is 0.657 bits per heavy atom. The maximum Gasteiger partial charge on any atom is 0.141 e. The van der Waals surface area contributed by atoms with E-state index in [9.17, 15) is 0 Å². The number of fused-ring (bicyclic) bond motifs is 2. The van der Waals surface area contributed by atoms with Gasteiger partial charge in [0.2, 0.25) is 0 Å². The van der Waals surface area contributed by atoms with Crippen LogP contribution < -0.4 is 9.64 Å². The van der Waals surface area contributed by atoms with E-state index in [1.165, 1.54) is 11.1 Å². The summed E-state index contributed by atoms with van der Waals surface area (Å²) in [6.07, 6.45) is 3.66. The molecule has 5 aromatic rings. The predicted octanol–water partition coefficient (Wildman–Crippen LogP) is 8.05. The average Bonchev–Trinajstić information content (AvgIpc) is 2.90. The smallest absolute Gasteiger partial charge is 0.141 e. The molecule has 0 N–H and O–H groups in total. The zero-order valence-electron chi connectivity index (χ0n) is 19.7. The molecule has 3 heterocycles. The first kappa shape index (κ1) is 21.1. The van der Waals surface area contributed by atoms with Crippen molar-refractivity contribution in [2.45, 2.75) is 19.3 Å². The summed E-state index contributed by atoms with van der Waals surface area (Å²) in [6, 6.07) is 34.9. The molecule has 0 amide bonds. The van der Waals surface area contributed by atoms with Crippen LogP contribution in [0.15, 0.2) is 116 Å². The summed E-state index contributed by atoms with van der Waals surface area (Å²) < 4.78 is 6.31. The lowest BCUT2D eigenvalue weighted by atomic mass is 9.74. The van der Waals surface area contributed by atoms with Crippen LogP contribution in [-0.4, -0.2) is 9.97 Å². The minimum Gasteiger partial charge on any atom is -0.457 e. The molecule has 0 fully saturated rings. The number of benzene rings is 3. The van der Waals surface area contributed by atoms with E-state index in [1.54, 1.807) is 6.20 Å². The highest BCUT2D eigenvalue weighted by molar-refractivity contribution is 5.84. The Bertz CT molecular complexity index is 1460. The van der Waals surface area contributed by atoms with Crippen molar-refractivity contribution >= 4 is 17.2 Å². The number of pyridine rings is 2. The molecule has 3 aromatic carbocycles. The highest BCUT2D eigenvalue weighted by atomic mass is 16.5. The van der Waals surface area contributed by atoms with Crippen LogP contribution >= 0.6 is 0 Å². The fourth-order valence-electron chi connectivity index (χ4n) is 4.86. The van der Waals surface area contributed by atoms with Crippen molar-refractivity contribution in [2.75, 3.05) is 4.90 Å². The molecule has 0 atom stereocenters. The van der Waals surface area contributed by atoms with Gasteiger partial charge in [0.05, 0.1) is 17.1 Å². The Morgan fingerprint density at radius 3 is 2.26 bits per heavy atom. The van der Waals surface area contributed by atoms with Gasteiger partial charge < -0.3 is 4.74 Å². The summed E-state index contributed by atoms with van der Waals surface area (Å²) >= 11 is 0. The lowest BCUT2D eigenvalue weighted by molar-refractivity contribution is 0.483. The Labute approximate surface area is 205 Å². The van der Waals surface area contributed by atoms with Crippen LogP contribution in [-0.2, 0) is 5.41 Å². The van der Waals surface area contributed by atoms with E-state index in [0.717, 1.165) is 39.9 Å². The van der Waals surface area contributed by atoms with E-state index in [0.29, 0.717) is 0 Å². The zero-order valence-corrected chi connectivity index (χ0v) is 19.7. The van der Waals surface area contributed by atoms with E-state index in [-0.39, 0.29) is 5.41 Å². The largest absolute Gasteiger partial charge is 0.457 e. The van der Waals surface area contributed by atoms with Crippen LogP contribution in [0, 0.1) is 0 Å². The second-order valence-corrected chi connectivity index (χ2v) is 9.19. The average molecular weight is 456 g/mol. The number of hydrogen-bond acceptors (Lipinski definition) is 4. The van der Waals surface area contributed by atoms with Crippen LogP contribution in [0.3, 0.4) is 0 Å². The molecule has 0 spiro atoms. The molecule has 0 saturated heterocycles. The molecule has 35 heavy (non-hydrogen) atoms. The first-order valence-corrected chi connectivity index (χ1v) is 11.8. The number of ether oxygens (including phenoxy) is 1. The van der Waals surface area contributed by atoms with E-state index in [2.05, 4.69) is 66.2 Å². The van der Waals surface area contributed by atoms with Crippen molar-refractivity contribution in [3.63, 3.8) is 0 Å². The minimum atomic E-state index is -0.142. The van der Waals surface area contributed by atoms with Crippen LogP contribution in [0.5, 0.6) is 11.5 Å². The van der Waals surface area contributed by atoms with E-state index in [4.69, 9.17) is 9.72 Å². The molecule has 0 unspecified atom stereocenters. The molecule has 0 aliphatic carbocycles. The molecule has 6 rings (SSSR count). The number of nitrogens with zero attached hydrogens (tertiary/aromatic N) is 3. The lowest BCUT2D eigenvalue weighted by Crippen LogP contribution is -2.31. The van der Waals surface area contributed by atoms with Crippen molar-refractivity contribution in [2.24, 2.45) is 0 Å². The van der Waals surface area contributed by atoms with Gasteiger partial charge in [-0.25, -0.2) is 4.98 Å². The molecule has 1 aliphatic heterocycles. The molecule has 4 nitrogen and oxygen atoms in total. The molecular formula is C31H25N3O. The first-order valence-electron chi connectivity index (χ1n) is 11.8. The van der Waals surface area contributed by atoms with Gasteiger partial charge in [0, 0.05) is 35.0 Å². The number of aromatic nitrogens is 2. The maximum absolute atomic E-state index is 6.31. The second kappa shape index (κ2) is 8.41. The summed E-state index contributed by atoms with van der Waals surface area (Å²) in [7, 11) is 0. The van der Waals surface area contributed by atoms with Gasteiger partial charge in [-0.1, -0.05) is 62.4 Å². The third-order valence-electron chi connectivity index (χ3n) is 6.60. The monoisotopic (exact) mass is 455 g/mol. The Hall–Kier alpha value is -4.44. The number of anilines is 3. The predicted molar refractivity (Wildman–Crippen MR) is 141 cm³/mol. The fraction of sp³-hybridized carbons (Fsp3) is 0.0968. The minimum absolute atomic E-state index is 0.142. The number of hydrogen-bond donors (Lipinski definition) is 0. The maximum atomic E-state index is 6.31. The van der Waals surface area contributed by atoms with Gasteiger partial charge >= 0.3 is 0 Å². The Morgan fingerprint density at radius 2 is 1.40 bits per heavy atom. The van der Waals surface area contributed by atoms with Crippen LogP contribution in [0.25, 0.3) is 11.3 Å². The van der Waals surface area contributed by atoms with Gasteiger partial charge in [-0.05, 0) is 54.1 Å². The lowest BCUT2D eigenvalue weighted by Gasteiger charge is -2.40. The molecule has 2 aromatic heterocycles. The van der Waals surface area contributed by atoms with Gasteiger partial charge in [-0.15, -0.1) is 0 Å². The van der Waals surface area contributed by atoms with Crippen molar-refractivity contribution in [3.8, 4) is 22.8 Å². The van der Waals surface area contributed by atoms with Crippen molar-refractivity contribution in [1.29, 1.82) is 0 Å². The fourth-order valence-corrected chi connectivity index (χ4v) is 4.86. The van der Waals surface area contributed by atoms with Crippen LogP contribution in [0.4, 0.5) is 17.2 Å². The molecule has 170 valence electrons. The molecule has 0 saturated carbocycles. The van der Waals surface area contributed by atoms with Crippen LogP contribution in [0.1, 0.15) is 25.0 Å². The summed E-state index contributed by atoms with van der Waals surface area (Å²) in [4.78, 5) is 11.5. The van der Waals surface area contributed by atoms with Crippen LogP contribution in [0.2, 0.25) is 0 Å². The third-order valence-corrected chi connectivity index (χ3v) is 6.60. The highest BCUT2D eigenvalue weighted by Crippen LogP contribution is 2.51. The molecule has 1 aliphatic rings.